The van der Waals surface area contributed by atoms with E-state index in [1.54, 1.807) is 48.5 Å². The maximum absolute atomic E-state index is 12.7. The van der Waals surface area contributed by atoms with Crippen LogP contribution in [-0.4, -0.2) is 17.9 Å². The fraction of sp³-hybridized carbons (Fsp3) is 0.286. The van der Waals surface area contributed by atoms with E-state index in [0.717, 1.165) is 5.56 Å². The number of hydrogen-bond acceptors (Lipinski definition) is 3. The topological polar surface area (TPSA) is 82.0 Å². The van der Waals surface area contributed by atoms with E-state index >= 15 is 0 Å². The summed E-state index contributed by atoms with van der Waals surface area (Å²) in [5.74, 6) is -0.375. The van der Waals surface area contributed by atoms with Gasteiger partial charge in [-0.3, -0.25) is 9.59 Å². The van der Waals surface area contributed by atoms with Gasteiger partial charge >= 0.3 is 0 Å². The van der Waals surface area contributed by atoms with Gasteiger partial charge in [0.05, 0.1) is 12.5 Å². The molecule has 1 atom stereocenters. The smallest absolute Gasteiger partial charge is 0.251 e. The van der Waals surface area contributed by atoms with Gasteiger partial charge in [0.25, 0.3) is 5.91 Å². The lowest BCUT2D eigenvalue weighted by Crippen LogP contribution is -2.44. The highest BCUT2D eigenvalue weighted by Crippen LogP contribution is 2.14. The van der Waals surface area contributed by atoms with Crippen LogP contribution in [-0.2, 0) is 11.2 Å². The minimum absolute atomic E-state index is 0.226. The Morgan fingerprint density at radius 2 is 1.70 bits per heavy atom. The van der Waals surface area contributed by atoms with E-state index < -0.39 is 6.04 Å². The fourth-order valence-electron chi connectivity index (χ4n) is 2.57. The first-order valence-electron chi connectivity index (χ1n) is 8.72. The molecule has 0 saturated heterocycles. The molecule has 0 heterocycles. The average Bonchev–Trinajstić information content (AvgIpc) is 2.63. The van der Waals surface area contributed by atoms with E-state index in [-0.39, 0.29) is 17.7 Å². The Bertz CT molecular complexity index is 824. The van der Waals surface area contributed by atoms with Crippen LogP contribution in [0.15, 0.2) is 48.5 Å². The fourth-order valence-corrected chi connectivity index (χ4v) is 2.70. The first-order valence-corrected chi connectivity index (χ1v) is 9.10. The lowest BCUT2D eigenvalue weighted by atomic mass is 10.0. The molecular formula is C21H22ClN3O2. The lowest BCUT2D eigenvalue weighted by Gasteiger charge is -2.20. The molecule has 2 N–H and O–H groups in total. The summed E-state index contributed by atoms with van der Waals surface area (Å²) in [5, 5.41) is 14.9. The molecule has 0 radical (unpaired) electrons. The Hall–Kier alpha value is -2.84. The second-order valence-corrected chi connectivity index (χ2v) is 7.12. The van der Waals surface area contributed by atoms with Gasteiger partial charge in [-0.1, -0.05) is 37.6 Å². The predicted molar refractivity (Wildman–Crippen MR) is 107 cm³/mol. The average molecular weight is 384 g/mol. The first-order chi connectivity index (χ1) is 12.9. The van der Waals surface area contributed by atoms with Crippen molar-refractivity contribution in [3.8, 4) is 6.07 Å². The summed E-state index contributed by atoms with van der Waals surface area (Å²) in [6.07, 6.45) is 0.832. The zero-order chi connectivity index (χ0) is 19.8. The van der Waals surface area contributed by atoms with Crippen LogP contribution in [0.4, 0.5) is 5.69 Å². The standard InChI is InChI=1S/C21H22ClN3O2/c1-14(2)13-19(25-20(26)16-5-7-17(22)8-6-16)21(27)24-18-9-3-15(4-10-18)11-12-23/h3-10,14,19H,11,13H2,1-2H3,(H,24,27)(H,25,26)/t19-/m0/s1. The van der Waals surface area contributed by atoms with Crippen molar-refractivity contribution in [1.82, 2.24) is 5.32 Å². The molecule has 2 aromatic carbocycles. The number of nitrogens with one attached hydrogen (secondary N) is 2. The van der Waals surface area contributed by atoms with E-state index in [2.05, 4.69) is 16.7 Å². The molecule has 2 rings (SSSR count). The van der Waals surface area contributed by atoms with Crippen molar-refractivity contribution in [1.29, 1.82) is 5.26 Å². The minimum atomic E-state index is -0.660. The molecule has 0 aliphatic heterocycles. The highest BCUT2D eigenvalue weighted by atomic mass is 35.5. The van der Waals surface area contributed by atoms with Gasteiger partial charge in [0.1, 0.15) is 6.04 Å². The van der Waals surface area contributed by atoms with E-state index in [9.17, 15) is 9.59 Å². The van der Waals surface area contributed by atoms with Crippen molar-refractivity contribution in [2.24, 2.45) is 5.92 Å². The molecular weight excluding hydrogens is 362 g/mol. The summed E-state index contributed by atoms with van der Waals surface area (Å²) < 4.78 is 0. The van der Waals surface area contributed by atoms with Gasteiger partial charge in [-0.05, 0) is 54.3 Å². The number of nitrogens with zero attached hydrogens (tertiary/aromatic N) is 1. The van der Waals surface area contributed by atoms with Crippen LogP contribution in [0.1, 0.15) is 36.2 Å². The number of benzene rings is 2. The third-order valence-corrected chi connectivity index (χ3v) is 4.19. The van der Waals surface area contributed by atoms with Crippen LogP contribution >= 0.6 is 11.6 Å². The number of rotatable bonds is 7. The molecule has 0 saturated carbocycles. The van der Waals surface area contributed by atoms with Crippen LogP contribution in [0, 0.1) is 17.2 Å². The molecule has 0 aliphatic carbocycles. The highest BCUT2D eigenvalue weighted by molar-refractivity contribution is 6.30. The number of carbonyl (C=O) groups is 2. The summed E-state index contributed by atoms with van der Waals surface area (Å²) in [6.45, 7) is 3.98. The normalized spacial score (nSPS) is 11.5. The largest absolute Gasteiger partial charge is 0.340 e. The van der Waals surface area contributed by atoms with E-state index in [4.69, 9.17) is 16.9 Å². The Morgan fingerprint density at radius 3 is 2.26 bits per heavy atom. The van der Waals surface area contributed by atoms with Gasteiger partial charge in [-0.2, -0.15) is 5.26 Å². The van der Waals surface area contributed by atoms with Crippen LogP contribution in [0.5, 0.6) is 0 Å². The van der Waals surface area contributed by atoms with Crippen LogP contribution in [0.25, 0.3) is 0 Å². The Morgan fingerprint density at radius 1 is 1.07 bits per heavy atom. The minimum Gasteiger partial charge on any atom is -0.340 e. The molecule has 0 aromatic heterocycles. The molecule has 6 heteroatoms. The van der Waals surface area contributed by atoms with Crippen LogP contribution < -0.4 is 10.6 Å². The van der Waals surface area contributed by atoms with E-state index in [1.165, 1.54) is 0 Å². The molecule has 0 unspecified atom stereocenters. The monoisotopic (exact) mass is 383 g/mol. The Labute approximate surface area is 164 Å². The SMILES string of the molecule is CC(C)C[C@H](NC(=O)c1ccc(Cl)cc1)C(=O)Nc1ccc(CC#N)cc1. The molecule has 0 spiro atoms. The van der Waals surface area contributed by atoms with Crippen molar-refractivity contribution < 1.29 is 9.59 Å². The number of anilines is 1. The highest BCUT2D eigenvalue weighted by Gasteiger charge is 2.22. The van der Waals surface area contributed by atoms with Gasteiger partial charge in [-0.15, -0.1) is 0 Å². The lowest BCUT2D eigenvalue weighted by molar-refractivity contribution is -0.118. The molecule has 0 bridgehead atoms. The summed E-state index contributed by atoms with van der Waals surface area (Å²) in [6, 6.07) is 15.0. The molecule has 2 amide bonds. The molecule has 5 nitrogen and oxygen atoms in total. The summed E-state index contributed by atoms with van der Waals surface area (Å²) in [7, 11) is 0. The van der Waals surface area contributed by atoms with Gasteiger partial charge in [0.2, 0.25) is 5.91 Å². The molecule has 140 valence electrons. The van der Waals surface area contributed by atoms with Crippen LogP contribution in [0.3, 0.4) is 0 Å². The van der Waals surface area contributed by atoms with Crippen LogP contribution in [0.2, 0.25) is 5.02 Å². The molecule has 0 fully saturated rings. The van der Waals surface area contributed by atoms with E-state index in [0.29, 0.717) is 29.1 Å². The third kappa shape index (κ3) is 6.43. The second-order valence-electron chi connectivity index (χ2n) is 6.68. The summed E-state index contributed by atoms with van der Waals surface area (Å²) >= 11 is 5.85. The van der Waals surface area contributed by atoms with Crippen molar-refractivity contribution in [3.05, 3.63) is 64.7 Å². The zero-order valence-corrected chi connectivity index (χ0v) is 16.1. The van der Waals surface area contributed by atoms with Crippen molar-refractivity contribution in [2.45, 2.75) is 32.7 Å². The van der Waals surface area contributed by atoms with Crippen molar-refractivity contribution >= 4 is 29.1 Å². The quantitative estimate of drug-likeness (QED) is 0.752. The van der Waals surface area contributed by atoms with Crippen molar-refractivity contribution in [3.63, 3.8) is 0 Å². The molecule has 0 aliphatic rings. The predicted octanol–water partition coefficient (Wildman–Crippen LogP) is 4.19. The van der Waals surface area contributed by atoms with Gasteiger partial charge in [0.15, 0.2) is 0 Å². The maximum atomic E-state index is 12.7. The number of nitriles is 1. The maximum Gasteiger partial charge on any atom is 0.251 e. The number of amides is 2. The van der Waals surface area contributed by atoms with Gasteiger partial charge in [0, 0.05) is 16.3 Å². The Kier molecular flexibility index (Phi) is 7.39. The third-order valence-electron chi connectivity index (χ3n) is 3.94. The first kappa shape index (κ1) is 20.5. The zero-order valence-electron chi connectivity index (χ0n) is 15.3. The number of halogens is 1. The van der Waals surface area contributed by atoms with Gasteiger partial charge in [-0.25, -0.2) is 0 Å². The molecule has 2 aromatic rings. The van der Waals surface area contributed by atoms with Crippen molar-refractivity contribution in [2.75, 3.05) is 5.32 Å². The second kappa shape index (κ2) is 9.75. The number of hydrogen-bond donors (Lipinski definition) is 2. The number of carbonyl (C=O) groups excluding carboxylic acids is 2. The summed E-state index contributed by atoms with van der Waals surface area (Å²) in [5.41, 5.74) is 1.95. The Balaban J connectivity index is 2.07. The van der Waals surface area contributed by atoms with Gasteiger partial charge < -0.3 is 10.6 Å². The van der Waals surface area contributed by atoms with E-state index in [1.807, 2.05) is 13.8 Å². The molecule has 27 heavy (non-hydrogen) atoms. The summed E-state index contributed by atoms with van der Waals surface area (Å²) in [4.78, 5) is 25.1.